The highest BCUT2D eigenvalue weighted by Gasteiger charge is 2.14. The second-order valence-corrected chi connectivity index (χ2v) is 3.75. The SMILES string of the molecule is CCOCCN(CC)c1cc([N+](=O)[O-])cc(NN)n1. The van der Waals surface area contributed by atoms with E-state index in [-0.39, 0.29) is 11.5 Å². The van der Waals surface area contributed by atoms with Gasteiger partial charge < -0.3 is 15.1 Å². The van der Waals surface area contributed by atoms with E-state index in [1.807, 2.05) is 18.7 Å². The molecule has 0 spiro atoms. The van der Waals surface area contributed by atoms with E-state index in [4.69, 9.17) is 10.6 Å². The summed E-state index contributed by atoms with van der Waals surface area (Å²) >= 11 is 0. The van der Waals surface area contributed by atoms with Crippen molar-refractivity contribution >= 4 is 17.3 Å². The molecule has 106 valence electrons. The summed E-state index contributed by atoms with van der Waals surface area (Å²) in [6.45, 7) is 6.32. The minimum atomic E-state index is -0.470. The normalized spacial score (nSPS) is 10.3. The standard InChI is InChI=1S/C11H19N5O3/c1-3-15(5-6-19-4-2)11-8-9(16(17)18)7-10(13-11)14-12/h7-8H,3-6,12H2,1-2H3,(H,13,14). The average Bonchev–Trinajstić information content (AvgIpc) is 2.43. The molecule has 1 heterocycles. The number of anilines is 2. The number of hydrogen-bond acceptors (Lipinski definition) is 7. The summed E-state index contributed by atoms with van der Waals surface area (Å²) in [5, 5.41) is 10.9. The van der Waals surface area contributed by atoms with Crippen LogP contribution in [0.5, 0.6) is 0 Å². The van der Waals surface area contributed by atoms with Gasteiger partial charge in [-0.1, -0.05) is 0 Å². The van der Waals surface area contributed by atoms with Crippen molar-refractivity contribution in [3.63, 3.8) is 0 Å². The number of rotatable bonds is 8. The maximum Gasteiger partial charge on any atom is 0.276 e. The van der Waals surface area contributed by atoms with E-state index in [0.29, 0.717) is 32.1 Å². The minimum absolute atomic E-state index is 0.0483. The Morgan fingerprint density at radius 1 is 1.53 bits per heavy atom. The third kappa shape index (κ3) is 4.34. The van der Waals surface area contributed by atoms with Crippen molar-refractivity contribution < 1.29 is 9.66 Å². The lowest BCUT2D eigenvalue weighted by Crippen LogP contribution is -2.28. The Labute approximate surface area is 111 Å². The van der Waals surface area contributed by atoms with Crippen molar-refractivity contribution in [1.29, 1.82) is 0 Å². The molecule has 3 N–H and O–H groups in total. The monoisotopic (exact) mass is 269 g/mol. The fraction of sp³-hybridized carbons (Fsp3) is 0.545. The third-order valence-electron chi connectivity index (χ3n) is 2.57. The van der Waals surface area contributed by atoms with Gasteiger partial charge >= 0.3 is 0 Å². The number of nitrogens with zero attached hydrogens (tertiary/aromatic N) is 3. The first-order valence-electron chi connectivity index (χ1n) is 6.08. The van der Waals surface area contributed by atoms with Gasteiger partial charge in [-0.15, -0.1) is 0 Å². The quantitative estimate of drug-likeness (QED) is 0.315. The minimum Gasteiger partial charge on any atom is -0.380 e. The second kappa shape index (κ2) is 7.49. The molecule has 1 aromatic heterocycles. The van der Waals surface area contributed by atoms with Gasteiger partial charge in [0, 0.05) is 19.7 Å². The largest absolute Gasteiger partial charge is 0.380 e. The Morgan fingerprint density at radius 2 is 2.26 bits per heavy atom. The number of hydrogen-bond donors (Lipinski definition) is 2. The van der Waals surface area contributed by atoms with Crippen LogP contribution in [-0.4, -0.2) is 36.2 Å². The molecule has 0 aliphatic carbocycles. The molecule has 0 atom stereocenters. The molecule has 0 fully saturated rings. The first-order chi connectivity index (χ1) is 9.12. The van der Waals surface area contributed by atoms with Crippen LogP contribution < -0.4 is 16.2 Å². The van der Waals surface area contributed by atoms with Crippen LogP contribution in [0.25, 0.3) is 0 Å². The van der Waals surface area contributed by atoms with Crippen molar-refractivity contribution in [2.24, 2.45) is 5.84 Å². The molecule has 1 rings (SSSR count). The van der Waals surface area contributed by atoms with E-state index in [2.05, 4.69) is 10.4 Å². The molecule has 0 radical (unpaired) electrons. The van der Waals surface area contributed by atoms with Gasteiger partial charge in [-0.25, -0.2) is 10.8 Å². The van der Waals surface area contributed by atoms with Crippen LogP contribution in [0, 0.1) is 10.1 Å². The number of nitrogen functional groups attached to an aromatic ring is 1. The van der Waals surface area contributed by atoms with Gasteiger partial charge in [0.15, 0.2) is 0 Å². The molecular weight excluding hydrogens is 250 g/mol. The van der Waals surface area contributed by atoms with Crippen LogP contribution in [0.1, 0.15) is 13.8 Å². The summed E-state index contributed by atoms with van der Waals surface area (Å²) in [5.74, 6) is 6.04. The molecule has 8 nitrogen and oxygen atoms in total. The summed E-state index contributed by atoms with van der Waals surface area (Å²) in [6.07, 6.45) is 0. The number of likely N-dealkylation sites (N-methyl/N-ethyl adjacent to an activating group) is 1. The molecular formula is C11H19N5O3. The van der Waals surface area contributed by atoms with E-state index in [0.717, 1.165) is 0 Å². The Morgan fingerprint density at radius 3 is 2.79 bits per heavy atom. The maximum atomic E-state index is 10.9. The van der Waals surface area contributed by atoms with E-state index in [1.54, 1.807) is 0 Å². The van der Waals surface area contributed by atoms with Crippen LogP contribution in [0.2, 0.25) is 0 Å². The Bertz CT molecular complexity index is 427. The number of nitro groups is 1. The predicted octanol–water partition coefficient (Wildman–Crippen LogP) is 1.14. The maximum absolute atomic E-state index is 10.9. The summed E-state index contributed by atoms with van der Waals surface area (Å²) in [6, 6.07) is 2.72. The van der Waals surface area contributed by atoms with Crippen LogP contribution in [0.4, 0.5) is 17.3 Å². The molecule has 0 bridgehead atoms. The molecule has 0 saturated carbocycles. The molecule has 0 unspecified atom stereocenters. The van der Waals surface area contributed by atoms with Crippen molar-refractivity contribution in [2.75, 3.05) is 36.6 Å². The Balaban J connectivity index is 2.94. The Hall–Kier alpha value is -1.93. The van der Waals surface area contributed by atoms with Gasteiger partial charge in [-0.2, -0.15) is 0 Å². The lowest BCUT2D eigenvalue weighted by atomic mass is 10.3. The van der Waals surface area contributed by atoms with Gasteiger partial charge in [0.25, 0.3) is 5.69 Å². The summed E-state index contributed by atoms with van der Waals surface area (Å²) in [5.41, 5.74) is 2.29. The topological polar surface area (TPSA) is 107 Å². The van der Waals surface area contributed by atoms with Crippen LogP contribution in [0.15, 0.2) is 12.1 Å². The first kappa shape index (κ1) is 15.1. The van der Waals surface area contributed by atoms with Crippen molar-refractivity contribution in [3.05, 3.63) is 22.2 Å². The molecule has 0 saturated heterocycles. The molecule has 1 aromatic rings. The number of aromatic nitrogens is 1. The smallest absolute Gasteiger partial charge is 0.276 e. The van der Waals surface area contributed by atoms with Gasteiger partial charge in [-0.3, -0.25) is 10.1 Å². The van der Waals surface area contributed by atoms with Gasteiger partial charge in [0.05, 0.1) is 23.7 Å². The molecule has 19 heavy (non-hydrogen) atoms. The van der Waals surface area contributed by atoms with Gasteiger partial charge in [-0.05, 0) is 13.8 Å². The zero-order chi connectivity index (χ0) is 14.3. The zero-order valence-electron chi connectivity index (χ0n) is 11.1. The highest BCUT2D eigenvalue weighted by atomic mass is 16.6. The third-order valence-corrected chi connectivity index (χ3v) is 2.57. The van der Waals surface area contributed by atoms with Crippen LogP contribution in [0.3, 0.4) is 0 Å². The van der Waals surface area contributed by atoms with Crippen molar-refractivity contribution in [1.82, 2.24) is 4.98 Å². The number of pyridine rings is 1. The number of ether oxygens (including phenoxy) is 1. The van der Waals surface area contributed by atoms with Crippen molar-refractivity contribution in [2.45, 2.75) is 13.8 Å². The van der Waals surface area contributed by atoms with E-state index in [9.17, 15) is 10.1 Å². The molecule has 0 aliphatic heterocycles. The summed E-state index contributed by atoms with van der Waals surface area (Å²) in [7, 11) is 0. The molecule has 0 aromatic carbocycles. The molecule has 0 amide bonds. The number of nitrogens with one attached hydrogen (secondary N) is 1. The fourth-order valence-electron chi connectivity index (χ4n) is 1.60. The van der Waals surface area contributed by atoms with Crippen LogP contribution >= 0.6 is 0 Å². The lowest BCUT2D eigenvalue weighted by Gasteiger charge is -2.22. The lowest BCUT2D eigenvalue weighted by molar-refractivity contribution is -0.384. The second-order valence-electron chi connectivity index (χ2n) is 3.75. The fourth-order valence-corrected chi connectivity index (χ4v) is 1.60. The molecule has 8 heteroatoms. The summed E-state index contributed by atoms with van der Waals surface area (Å²) in [4.78, 5) is 16.5. The first-order valence-corrected chi connectivity index (χ1v) is 6.08. The van der Waals surface area contributed by atoms with Crippen LogP contribution in [-0.2, 0) is 4.74 Å². The number of nitrogens with two attached hydrogens (primary N) is 1. The zero-order valence-corrected chi connectivity index (χ0v) is 11.1. The van der Waals surface area contributed by atoms with Gasteiger partial charge in [0.1, 0.15) is 11.6 Å². The number of hydrazine groups is 1. The highest BCUT2D eigenvalue weighted by molar-refractivity contribution is 5.55. The van der Waals surface area contributed by atoms with E-state index in [1.165, 1.54) is 12.1 Å². The van der Waals surface area contributed by atoms with E-state index >= 15 is 0 Å². The van der Waals surface area contributed by atoms with E-state index < -0.39 is 4.92 Å². The highest BCUT2D eigenvalue weighted by Crippen LogP contribution is 2.22. The Kier molecular flexibility index (Phi) is 5.97. The average molecular weight is 269 g/mol. The molecule has 0 aliphatic rings. The predicted molar refractivity (Wildman–Crippen MR) is 73.1 cm³/mol. The van der Waals surface area contributed by atoms with Crippen molar-refractivity contribution in [3.8, 4) is 0 Å². The van der Waals surface area contributed by atoms with Gasteiger partial charge in [0.2, 0.25) is 0 Å². The summed E-state index contributed by atoms with van der Waals surface area (Å²) < 4.78 is 5.28.